The molecule has 4 heterocycles. The summed E-state index contributed by atoms with van der Waals surface area (Å²) in [6.07, 6.45) is 10.2. The number of nitrogens with one attached hydrogen (secondary N) is 1. The fourth-order valence-electron chi connectivity index (χ4n) is 3.38. The molecule has 0 amide bonds. The van der Waals surface area contributed by atoms with E-state index in [0.717, 1.165) is 43.6 Å². The Balaban J connectivity index is 1.49. The SMILES string of the molecule is CCn1cc([C@H]2OCCC[C@@H]2NCc2cnn3ccccc23)cn1. The molecule has 1 saturated heterocycles. The zero-order chi connectivity index (χ0) is 16.4. The number of rotatable bonds is 5. The molecule has 6 nitrogen and oxygen atoms in total. The molecule has 1 aliphatic rings. The van der Waals surface area contributed by atoms with Crippen molar-refractivity contribution < 1.29 is 4.74 Å². The minimum Gasteiger partial charge on any atom is -0.372 e. The van der Waals surface area contributed by atoms with Gasteiger partial charge >= 0.3 is 0 Å². The van der Waals surface area contributed by atoms with Crippen molar-refractivity contribution >= 4 is 5.52 Å². The maximum Gasteiger partial charge on any atom is 0.101 e. The van der Waals surface area contributed by atoms with Crippen LogP contribution in [-0.2, 0) is 17.8 Å². The third kappa shape index (κ3) is 2.95. The molecule has 3 aromatic rings. The molecular formula is C18H23N5O. The summed E-state index contributed by atoms with van der Waals surface area (Å²) in [5, 5.41) is 12.5. The van der Waals surface area contributed by atoms with Gasteiger partial charge in [-0.05, 0) is 31.9 Å². The van der Waals surface area contributed by atoms with Gasteiger partial charge in [0.2, 0.25) is 0 Å². The Morgan fingerprint density at radius 2 is 2.25 bits per heavy atom. The van der Waals surface area contributed by atoms with Crippen LogP contribution in [0.5, 0.6) is 0 Å². The van der Waals surface area contributed by atoms with Gasteiger partial charge in [-0.15, -0.1) is 0 Å². The van der Waals surface area contributed by atoms with Gasteiger partial charge < -0.3 is 10.1 Å². The summed E-state index contributed by atoms with van der Waals surface area (Å²) in [6.45, 7) is 4.59. The lowest BCUT2D eigenvalue weighted by atomic mass is 9.98. The standard InChI is InChI=1S/C18H23N5O/c1-2-22-13-15(12-20-22)18-16(6-5-9-24-18)19-10-14-11-21-23-8-4-3-7-17(14)23/h3-4,7-8,11-13,16,18-19H,2,5-6,9-10H2,1H3/t16-,18+/m0/s1. The first-order valence-corrected chi connectivity index (χ1v) is 8.63. The van der Waals surface area contributed by atoms with E-state index in [-0.39, 0.29) is 6.10 Å². The lowest BCUT2D eigenvalue weighted by Crippen LogP contribution is -2.39. The number of pyridine rings is 1. The molecule has 1 fully saturated rings. The van der Waals surface area contributed by atoms with Gasteiger partial charge in [-0.25, -0.2) is 4.52 Å². The number of aryl methyl sites for hydroxylation is 1. The number of fused-ring (bicyclic) bond motifs is 1. The van der Waals surface area contributed by atoms with Crippen LogP contribution in [0.1, 0.15) is 37.0 Å². The number of aromatic nitrogens is 4. The topological polar surface area (TPSA) is 56.4 Å². The van der Waals surface area contributed by atoms with Crippen LogP contribution in [0.3, 0.4) is 0 Å². The Hall–Kier alpha value is -2.18. The first-order valence-electron chi connectivity index (χ1n) is 8.63. The Morgan fingerprint density at radius 3 is 3.12 bits per heavy atom. The van der Waals surface area contributed by atoms with E-state index in [2.05, 4.69) is 34.7 Å². The summed E-state index contributed by atoms with van der Waals surface area (Å²) in [4.78, 5) is 0. The van der Waals surface area contributed by atoms with Crippen molar-refractivity contribution in [3.05, 3.63) is 54.1 Å². The molecule has 0 aromatic carbocycles. The van der Waals surface area contributed by atoms with Crippen molar-refractivity contribution in [3.63, 3.8) is 0 Å². The lowest BCUT2D eigenvalue weighted by Gasteiger charge is -2.32. The van der Waals surface area contributed by atoms with Crippen molar-refractivity contribution in [3.8, 4) is 0 Å². The van der Waals surface area contributed by atoms with Crippen LogP contribution in [0, 0.1) is 0 Å². The van der Waals surface area contributed by atoms with Gasteiger partial charge in [0.25, 0.3) is 0 Å². The molecule has 0 bridgehead atoms. The highest BCUT2D eigenvalue weighted by Gasteiger charge is 2.28. The predicted octanol–water partition coefficient (Wildman–Crippen LogP) is 2.56. The first-order chi connectivity index (χ1) is 11.8. The van der Waals surface area contributed by atoms with Crippen molar-refractivity contribution in [1.29, 1.82) is 0 Å². The molecule has 126 valence electrons. The normalized spacial score (nSPS) is 21.4. The summed E-state index contributed by atoms with van der Waals surface area (Å²) >= 11 is 0. The molecule has 24 heavy (non-hydrogen) atoms. The first kappa shape index (κ1) is 15.4. The van der Waals surface area contributed by atoms with Gasteiger partial charge in [0, 0.05) is 49.3 Å². The Bertz CT molecular complexity index is 808. The average Bonchev–Trinajstić information content (AvgIpc) is 3.27. The Morgan fingerprint density at radius 1 is 1.29 bits per heavy atom. The Kier molecular flexibility index (Phi) is 4.32. The van der Waals surface area contributed by atoms with Crippen molar-refractivity contribution in [1.82, 2.24) is 24.7 Å². The molecule has 0 saturated carbocycles. The van der Waals surface area contributed by atoms with Gasteiger partial charge in [0.05, 0.1) is 17.9 Å². The highest BCUT2D eigenvalue weighted by Crippen LogP contribution is 2.28. The van der Waals surface area contributed by atoms with E-state index in [1.807, 2.05) is 39.9 Å². The maximum atomic E-state index is 6.06. The summed E-state index contributed by atoms with van der Waals surface area (Å²) < 4.78 is 9.92. The van der Waals surface area contributed by atoms with Gasteiger partial charge in [-0.1, -0.05) is 6.07 Å². The van der Waals surface area contributed by atoms with Gasteiger partial charge in [-0.3, -0.25) is 4.68 Å². The van der Waals surface area contributed by atoms with Crippen LogP contribution >= 0.6 is 0 Å². The summed E-state index contributed by atoms with van der Waals surface area (Å²) in [7, 11) is 0. The monoisotopic (exact) mass is 325 g/mol. The maximum absolute atomic E-state index is 6.06. The van der Waals surface area contributed by atoms with Crippen molar-refractivity contribution in [2.45, 2.75) is 45.0 Å². The number of nitrogens with zero attached hydrogens (tertiary/aromatic N) is 4. The van der Waals surface area contributed by atoms with Crippen molar-refractivity contribution in [2.75, 3.05) is 6.61 Å². The van der Waals surface area contributed by atoms with E-state index < -0.39 is 0 Å². The molecule has 0 radical (unpaired) electrons. The Labute approximate surface area is 141 Å². The van der Waals surface area contributed by atoms with Crippen LogP contribution in [0.15, 0.2) is 43.0 Å². The fraction of sp³-hybridized carbons (Fsp3) is 0.444. The van der Waals surface area contributed by atoms with Gasteiger partial charge in [-0.2, -0.15) is 10.2 Å². The molecule has 0 unspecified atom stereocenters. The highest BCUT2D eigenvalue weighted by atomic mass is 16.5. The zero-order valence-electron chi connectivity index (χ0n) is 13.9. The lowest BCUT2D eigenvalue weighted by molar-refractivity contribution is -0.0112. The summed E-state index contributed by atoms with van der Waals surface area (Å²) in [5.41, 5.74) is 3.52. The molecule has 1 aliphatic heterocycles. The number of ether oxygens (including phenoxy) is 1. The molecule has 4 rings (SSSR count). The quantitative estimate of drug-likeness (QED) is 0.783. The molecule has 1 N–H and O–H groups in total. The van der Waals surface area contributed by atoms with Gasteiger partial charge in [0.1, 0.15) is 6.10 Å². The van der Waals surface area contributed by atoms with Crippen LogP contribution in [0.4, 0.5) is 0 Å². The summed E-state index contributed by atoms with van der Waals surface area (Å²) in [6, 6.07) is 6.44. The fourth-order valence-corrected chi connectivity index (χ4v) is 3.38. The zero-order valence-corrected chi connectivity index (χ0v) is 13.9. The van der Waals surface area contributed by atoms with Crippen LogP contribution in [-0.4, -0.2) is 32.0 Å². The van der Waals surface area contributed by atoms with E-state index in [1.165, 1.54) is 5.56 Å². The minimum atomic E-state index is 0.0703. The predicted molar refractivity (Wildman–Crippen MR) is 91.6 cm³/mol. The third-order valence-corrected chi connectivity index (χ3v) is 4.69. The highest BCUT2D eigenvalue weighted by molar-refractivity contribution is 5.53. The molecule has 3 aromatic heterocycles. The number of hydrogen-bond acceptors (Lipinski definition) is 4. The van der Waals surface area contributed by atoms with E-state index in [4.69, 9.17) is 4.74 Å². The second-order valence-corrected chi connectivity index (χ2v) is 6.25. The van der Waals surface area contributed by atoms with E-state index >= 15 is 0 Å². The van der Waals surface area contributed by atoms with E-state index in [1.54, 1.807) is 0 Å². The van der Waals surface area contributed by atoms with Crippen LogP contribution in [0.2, 0.25) is 0 Å². The third-order valence-electron chi connectivity index (χ3n) is 4.69. The van der Waals surface area contributed by atoms with E-state index in [9.17, 15) is 0 Å². The van der Waals surface area contributed by atoms with Crippen LogP contribution in [0.25, 0.3) is 5.52 Å². The molecule has 6 heteroatoms. The second kappa shape index (κ2) is 6.75. The number of hydrogen-bond donors (Lipinski definition) is 1. The minimum absolute atomic E-state index is 0.0703. The second-order valence-electron chi connectivity index (χ2n) is 6.25. The average molecular weight is 325 g/mol. The summed E-state index contributed by atoms with van der Waals surface area (Å²) in [5.74, 6) is 0. The molecule has 0 aliphatic carbocycles. The van der Waals surface area contributed by atoms with Gasteiger partial charge in [0.15, 0.2) is 0 Å². The van der Waals surface area contributed by atoms with E-state index in [0.29, 0.717) is 6.04 Å². The largest absolute Gasteiger partial charge is 0.372 e. The van der Waals surface area contributed by atoms with Crippen LogP contribution < -0.4 is 5.32 Å². The van der Waals surface area contributed by atoms with Crippen molar-refractivity contribution in [2.24, 2.45) is 0 Å². The molecule has 0 spiro atoms. The molecule has 2 atom stereocenters. The molecular weight excluding hydrogens is 302 g/mol. The smallest absolute Gasteiger partial charge is 0.101 e.